The highest BCUT2D eigenvalue weighted by molar-refractivity contribution is 5.84. The summed E-state index contributed by atoms with van der Waals surface area (Å²) in [5, 5.41) is 22.2. The molecule has 6 heteroatoms. The van der Waals surface area contributed by atoms with Crippen molar-refractivity contribution in [3.63, 3.8) is 0 Å². The van der Waals surface area contributed by atoms with E-state index in [2.05, 4.69) is 17.2 Å². The summed E-state index contributed by atoms with van der Waals surface area (Å²) < 4.78 is 0. The minimum atomic E-state index is -0.926. The summed E-state index contributed by atoms with van der Waals surface area (Å²) in [6, 6.07) is 9.28. The van der Waals surface area contributed by atoms with Crippen LogP contribution in [0.4, 0.5) is 0 Å². The molecule has 1 aromatic rings. The van der Waals surface area contributed by atoms with Gasteiger partial charge in [0.2, 0.25) is 5.91 Å². The quantitative estimate of drug-likeness (QED) is 0.576. The van der Waals surface area contributed by atoms with E-state index in [0.29, 0.717) is 25.7 Å². The summed E-state index contributed by atoms with van der Waals surface area (Å²) in [6.07, 6.45) is 6.26. The first-order valence-corrected chi connectivity index (χ1v) is 11.2. The first-order valence-electron chi connectivity index (χ1n) is 11.2. The molecule has 2 fully saturated rings. The normalized spacial score (nSPS) is 23.2. The Hall–Kier alpha value is -2.81. The second-order valence-corrected chi connectivity index (χ2v) is 8.97. The number of rotatable bonds is 7. The monoisotopic (exact) mass is 425 g/mol. The Balaban J connectivity index is 1.67. The molecule has 3 rings (SSSR count). The van der Waals surface area contributed by atoms with Crippen molar-refractivity contribution < 1.29 is 24.6 Å². The molecule has 0 spiro atoms. The van der Waals surface area contributed by atoms with E-state index in [4.69, 9.17) is 0 Å². The minimum absolute atomic E-state index is 0.108. The second kappa shape index (κ2) is 10.5. The van der Waals surface area contributed by atoms with Gasteiger partial charge < -0.3 is 15.5 Å². The van der Waals surface area contributed by atoms with Gasteiger partial charge in [0.05, 0.1) is 17.3 Å². The van der Waals surface area contributed by atoms with Crippen LogP contribution in [-0.2, 0) is 14.4 Å². The van der Waals surface area contributed by atoms with E-state index in [-0.39, 0.29) is 24.8 Å². The van der Waals surface area contributed by atoms with Gasteiger partial charge in [-0.25, -0.2) is 0 Å². The average molecular weight is 426 g/mol. The van der Waals surface area contributed by atoms with Crippen LogP contribution in [0.2, 0.25) is 0 Å². The molecule has 1 unspecified atom stereocenters. The third kappa shape index (κ3) is 6.10. The first-order chi connectivity index (χ1) is 14.9. The molecule has 0 saturated heterocycles. The zero-order chi connectivity index (χ0) is 22.3. The van der Waals surface area contributed by atoms with Crippen molar-refractivity contribution in [2.45, 2.75) is 70.3 Å². The Kier molecular flexibility index (Phi) is 7.73. The highest BCUT2D eigenvalue weighted by Crippen LogP contribution is 2.44. The summed E-state index contributed by atoms with van der Waals surface area (Å²) in [5.41, 5.74) is 0.137. The second-order valence-electron chi connectivity index (χ2n) is 8.97. The Morgan fingerprint density at radius 3 is 2.42 bits per heavy atom. The maximum atomic E-state index is 13.3. The number of nitrogens with one attached hydrogen (secondary N) is 1. The predicted octanol–water partition coefficient (Wildman–Crippen LogP) is 3.84. The van der Waals surface area contributed by atoms with Gasteiger partial charge in [-0.3, -0.25) is 14.4 Å². The SMILES string of the molecule is O=C(O)C(CC#Cc1ccccc1)CC1(C(=O)N[C@H]2CCC[C@@H](C(=O)O)C2)CCCC1. The number of carboxylic acid groups (broad SMARTS) is 2. The van der Waals surface area contributed by atoms with E-state index in [1.165, 1.54) is 0 Å². The maximum Gasteiger partial charge on any atom is 0.307 e. The van der Waals surface area contributed by atoms with E-state index in [1.54, 1.807) is 0 Å². The minimum Gasteiger partial charge on any atom is -0.481 e. The first kappa shape index (κ1) is 22.9. The number of hydrogen-bond acceptors (Lipinski definition) is 3. The molecule has 1 amide bonds. The zero-order valence-electron chi connectivity index (χ0n) is 17.8. The summed E-state index contributed by atoms with van der Waals surface area (Å²) in [6.45, 7) is 0. The molecule has 3 N–H and O–H groups in total. The summed E-state index contributed by atoms with van der Waals surface area (Å²) in [4.78, 5) is 36.6. The lowest BCUT2D eigenvalue weighted by Gasteiger charge is -2.34. The molecule has 0 radical (unpaired) electrons. The van der Waals surface area contributed by atoms with Crippen LogP contribution >= 0.6 is 0 Å². The van der Waals surface area contributed by atoms with Crippen molar-refractivity contribution in [1.29, 1.82) is 0 Å². The van der Waals surface area contributed by atoms with Crippen molar-refractivity contribution in [2.75, 3.05) is 0 Å². The summed E-state index contributed by atoms with van der Waals surface area (Å²) in [5.74, 6) is 3.02. The van der Waals surface area contributed by atoms with Gasteiger partial charge in [0.1, 0.15) is 0 Å². The maximum absolute atomic E-state index is 13.3. The third-order valence-corrected chi connectivity index (χ3v) is 6.74. The molecule has 0 bridgehead atoms. The molecule has 2 aliphatic rings. The number of carboxylic acids is 2. The van der Waals surface area contributed by atoms with Crippen LogP contribution in [0.25, 0.3) is 0 Å². The molecular formula is C25H31NO5. The van der Waals surface area contributed by atoms with Gasteiger partial charge in [0.25, 0.3) is 0 Å². The molecule has 31 heavy (non-hydrogen) atoms. The zero-order valence-corrected chi connectivity index (χ0v) is 17.8. The molecule has 2 aliphatic carbocycles. The molecular weight excluding hydrogens is 394 g/mol. The highest BCUT2D eigenvalue weighted by atomic mass is 16.4. The van der Waals surface area contributed by atoms with Crippen molar-refractivity contribution in [3.8, 4) is 11.8 Å². The van der Waals surface area contributed by atoms with Crippen molar-refractivity contribution in [2.24, 2.45) is 17.3 Å². The lowest BCUT2D eigenvalue weighted by molar-refractivity contribution is -0.146. The molecule has 166 valence electrons. The Labute approximate surface area is 183 Å². The van der Waals surface area contributed by atoms with E-state index in [0.717, 1.165) is 31.2 Å². The van der Waals surface area contributed by atoms with E-state index in [9.17, 15) is 24.6 Å². The Morgan fingerprint density at radius 1 is 1.06 bits per heavy atom. The fourth-order valence-corrected chi connectivity index (χ4v) is 4.98. The van der Waals surface area contributed by atoms with Crippen molar-refractivity contribution in [1.82, 2.24) is 5.32 Å². The number of hydrogen-bond donors (Lipinski definition) is 3. The molecule has 2 saturated carbocycles. The van der Waals surface area contributed by atoms with Crippen LogP contribution in [0.1, 0.15) is 69.8 Å². The van der Waals surface area contributed by atoms with Gasteiger partial charge in [-0.05, 0) is 50.7 Å². The standard InChI is InChI=1S/C25H31NO5/c27-22(28)19-11-7-13-21(16-19)26-24(31)25(14-4-5-15-25)17-20(23(29)30)12-6-10-18-8-2-1-3-9-18/h1-3,8-9,19-21H,4-5,7,11-17H2,(H,26,31)(H,27,28)(H,29,30)/t19-,20?,21+/m1/s1. The predicted molar refractivity (Wildman–Crippen MR) is 116 cm³/mol. The van der Waals surface area contributed by atoms with Gasteiger partial charge in [-0.2, -0.15) is 0 Å². The fourth-order valence-electron chi connectivity index (χ4n) is 4.98. The molecule has 1 aromatic carbocycles. The highest BCUT2D eigenvalue weighted by Gasteiger charge is 2.44. The van der Waals surface area contributed by atoms with Crippen LogP contribution in [0, 0.1) is 29.1 Å². The van der Waals surface area contributed by atoms with Gasteiger partial charge in [0, 0.05) is 18.0 Å². The number of carbonyl (C=O) groups is 3. The largest absolute Gasteiger partial charge is 0.481 e. The third-order valence-electron chi connectivity index (χ3n) is 6.74. The van der Waals surface area contributed by atoms with E-state index in [1.807, 2.05) is 30.3 Å². The van der Waals surface area contributed by atoms with Crippen LogP contribution in [0.3, 0.4) is 0 Å². The van der Waals surface area contributed by atoms with Crippen molar-refractivity contribution in [3.05, 3.63) is 35.9 Å². The Morgan fingerprint density at radius 2 is 1.77 bits per heavy atom. The molecule has 0 heterocycles. The van der Waals surface area contributed by atoms with Gasteiger partial charge >= 0.3 is 11.9 Å². The van der Waals surface area contributed by atoms with Crippen LogP contribution in [0.15, 0.2) is 30.3 Å². The summed E-state index contributed by atoms with van der Waals surface area (Å²) >= 11 is 0. The molecule has 0 aliphatic heterocycles. The van der Waals surface area contributed by atoms with E-state index < -0.39 is 29.2 Å². The van der Waals surface area contributed by atoms with Crippen LogP contribution in [-0.4, -0.2) is 34.1 Å². The number of aliphatic carboxylic acids is 2. The average Bonchev–Trinajstić information content (AvgIpc) is 3.24. The number of amides is 1. The Bertz CT molecular complexity index is 848. The molecule has 3 atom stereocenters. The van der Waals surface area contributed by atoms with E-state index >= 15 is 0 Å². The molecule has 0 aromatic heterocycles. The number of benzene rings is 1. The van der Waals surface area contributed by atoms with Gasteiger partial charge in [0.15, 0.2) is 0 Å². The lowest BCUT2D eigenvalue weighted by Crippen LogP contribution is -2.47. The van der Waals surface area contributed by atoms with Gasteiger partial charge in [-0.15, -0.1) is 0 Å². The van der Waals surface area contributed by atoms with Gasteiger partial charge in [-0.1, -0.05) is 49.3 Å². The van der Waals surface area contributed by atoms with Crippen molar-refractivity contribution >= 4 is 17.8 Å². The topological polar surface area (TPSA) is 104 Å². The van der Waals surface area contributed by atoms with Crippen LogP contribution in [0.5, 0.6) is 0 Å². The van der Waals surface area contributed by atoms with Crippen LogP contribution < -0.4 is 5.32 Å². The molecule has 6 nitrogen and oxygen atoms in total. The summed E-state index contributed by atoms with van der Waals surface area (Å²) in [7, 11) is 0. The smallest absolute Gasteiger partial charge is 0.307 e. The fraction of sp³-hybridized carbons (Fsp3) is 0.560. The number of carbonyl (C=O) groups excluding carboxylic acids is 1. The lowest BCUT2D eigenvalue weighted by atomic mass is 9.75.